The highest BCUT2D eigenvalue weighted by Gasteiger charge is 2.03. The van der Waals surface area contributed by atoms with Crippen LogP contribution in [-0.2, 0) is 11.4 Å². The second-order valence-corrected chi connectivity index (χ2v) is 5.45. The topological polar surface area (TPSA) is 74.5 Å². The molecule has 0 spiro atoms. The number of nitriles is 1. The Bertz CT molecular complexity index is 739. The highest BCUT2D eigenvalue weighted by atomic mass is 79.9. The summed E-state index contributed by atoms with van der Waals surface area (Å²) in [4.78, 5) is 11.1. The van der Waals surface area contributed by atoms with Crippen molar-refractivity contribution in [1.29, 1.82) is 5.26 Å². The van der Waals surface area contributed by atoms with E-state index in [4.69, 9.17) is 10.00 Å². The van der Waals surface area contributed by atoms with Crippen molar-refractivity contribution in [2.45, 2.75) is 13.0 Å². The van der Waals surface area contributed by atoms with Crippen LogP contribution in [0, 0.1) is 11.3 Å². The molecule has 1 N–H and O–H groups in total. The number of ether oxygens (including phenoxy) is 1. The Labute approximate surface area is 142 Å². The van der Waals surface area contributed by atoms with E-state index in [2.05, 4.69) is 26.5 Å². The van der Waals surface area contributed by atoms with Crippen molar-refractivity contribution < 1.29 is 9.53 Å². The fourth-order valence-corrected chi connectivity index (χ4v) is 2.25. The summed E-state index contributed by atoms with van der Waals surface area (Å²) >= 11 is 3.45. The number of rotatable bonds is 6. The molecule has 0 radical (unpaired) electrons. The van der Waals surface area contributed by atoms with Crippen LogP contribution in [0.2, 0.25) is 0 Å². The molecule has 5 nitrogen and oxygen atoms in total. The van der Waals surface area contributed by atoms with Gasteiger partial charge in [0.1, 0.15) is 18.8 Å². The van der Waals surface area contributed by atoms with E-state index in [1.807, 2.05) is 48.5 Å². The van der Waals surface area contributed by atoms with Gasteiger partial charge >= 0.3 is 0 Å². The van der Waals surface area contributed by atoms with Crippen LogP contribution in [0.1, 0.15) is 17.5 Å². The van der Waals surface area contributed by atoms with Gasteiger partial charge < -0.3 is 4.74 Å². The molecule has 0 saturated heterocycles. The molecular formula is C17H14BrN3O2. The summed E-state index contributed by atoms with van der Waals surface area (Å²) in [5, 5.41) is 12.2. The van der Waals surface area contributed by atoms with Crippen LogP contribution in [0.4, 0.5) is 0 Å². The molecule has 0 aliphatic rings. The van der Waals surface area contributed by atoms with Gasteiger partial charge in [0, 0.05) is 0 Å². The highest BCUT2D eigenvalue weighted by molar-refractivity contribution is 9.10. The van der Waals surface area contributed by atoms with Gasteiger partial charge in [-0.15, -0.1) is 0 Å². The van der Waals surface area contributed by atoms with E-state index in [0.717, 1.165) is 21.3 Å². The zero-order chi connectivity index (χ0) is 16.5. The number of halogens is 1. The van der Waals surface area contributed by atoms with E-state index in [-0.39, 0.29) is 6.42 Å². The summed E-state index contributed by atoms with van der Waals surface area (Å²) in [7, 11) is 0. The number of nitrogens with one attached hydrogen (secondary N) is 1. The van der Waals surface area contributed by atoms with Gasteiger partial charge in [-0.1, -0.05) is 30.3 Å². The van der Waals surface area contributed by atoms with Crippen LogP contribution in [0.25, 0.3) is 0 Å². The average molecular weight is 372 g/mol. The van der Waals surface area contributed by atoms with E-state index < -0.39 is 5.91 Å². The number of nitrogens with zero attached hydrogens (tertiary/aromatic N) is 2. The molecular weight excluding hydrogens is 358 g/mol. The molecule has 1 amide bonds. The number of carbonyl (C=O) groups excluding carboxylic acids is 1. The first-order chi connectivity index (χ1) is 11.2. The third-order valence-corrected chi connectivity index (χ3v) is 3.46. The fourth-order valence-electron chi connectivity index (χ4n) is 1.74. The molecule has 23 heavy (non-hydrogen) atoms. The number of amides is 1. The van der Waals surface area contributed by atoms with E-state index >= 15 is 0 Å². The van der Waals surface area contributed by atoms with Gasteiger partial charge in [0.05, 0.1) is 16.8 Å². The third-order valence-electron chi connectivity index (χ3n) is 2.84. The lowest BCUT2D eigenvalue weighted by molar-refractivity contribution is -0.120. The van der Waals surface area contributed by atoms with Gasteiger partial charge in [-0.05, 0) is 45.3 Å². The summed E-state index contributed by atoms with van der Waals surface area (Å²) in [5.41, 5.74) is 4.16. The minimum atomic E-state index is -0.439. The zero-order valence-corrected chi connectivity index (χ0v) is 13.8. The molecule has 0 aliphatic heterocycles. The molecule has 0 heterocycles. The molecule has 0 saturated carbocycles. The van der Waals surface area contributed by atoms with Gasteiger partial charge in [0.2, 0.25) is 0 Å². The Morgan fingerprint density at radius 3 is 2.78 bits per heavy atom. The van der Waals surface area contributed by atoms with Crippen LogP contribution in [0.3, 0.4) is 0 Å². The van der Waals surface area contributed by atoms with Gasteiger partial charge in [-0.3, -0.25) is 4.79 Å². The van der Waals surface area contributed by atoms with Crippen LogP contribution < -0.4 is 10.2 Å². The SMILES string of the molecule is N#CCC(=O)N/N=C\c1ccc(OCc2ccccc2)c(Br)c1. The molecule has 0 unspecified atom stereocenters. The standard InChI is InChI=1S/C17H14BrN3O2/c18-15-10-14(11-20-21-17(22)8-9-19)6-7-16(15)23-12-13-4-2-1-3-5-13/h1-7,10-11H,8,12H2,(H,21,22)/b20-11-. The van der Waals surface area contributed by atoms with E-state index in [1.165, 1.54) is 6.21 Å². The second-order valence-electron chi connectivity index (χ2n) is 4.59. The zero-order valence-electron chi connectivity index (χ0n) is 12.2. The van der Waals surface area contributed by atoms with Crippen molar-refractivity contribution in [3.8, 4) is 11.8 Å². The summed E-state index contributed by atoms with van der Waals surface area (Å²) in [6.45, 7) is 0.483. The number of carbonyl (C=O) groups is 1. The van der Waals surface area contributed by atoms with Gasteiger partial charge in [0.25, 0.3) is 5.91 Å². The van der Waals surface area contributed by atoms with Crippen molar-refractivity contribution in [3.63, 3.8) is 0 Å². The van der Waals surface area contributed by atoms with Crippen LogP contribution >= 0.6 is 15.9 Å². The predicted octanol–water partition coefficient (Wildman–Crippen LogP) is 3.39. The molecule has 116 valence electrons. The van der Waals surface area contributed by atoms with Crippen molar-refractivity contribution in [1.82, 2.24) is 5.43 Å². The minimum absolute atomic E-state index is 0.215. The predicted molar refractivity (Wildman–Crippen MR) is 90.9 cm³/mol. The lowest BCUT2D eigenvalue weighted by atomic mass is 10.2. The molecule has 0 atom stereocenters. The van der Waals surface area contributed by atoms with Gasteiger partial charge in [0.15, 0.2) is 0 Å². The largest absolute Gasteiger partial charge is 0.488 e. The summed E-state index contributed by atoms with van der Waals surface area (Å²) in [5.74, 6) is 0.283. The maximum absolute atomic E-state index is 11.1. The first kappa shape index (κ1) is 16.7. The Morgan fingerprint density at radius 2 is 2.09 bits per heavy atom. The molecule has 0 fully saturated rings. The monoisotopic (exact) mass is 371 g/mol. The van der Waals surface area contributed by atoms with Crippen LogP contribution in [-0.4, -0.2) is 12.1 Å². The molecule has 6 heteroatoms. The maximum Gasteiger partial charge on any atom is 0.254 e. The Balaban J connectivity index is 1.94. The van der Waals surface area contributed by atoms with Crippen molar-refractivity contribution in [2.24, 2.45) is 5.10 Å². The molecule has 2 aromatic carbocycles. The van der Waals surface area contributed by atoms with E-state index in [0.29, 0.717) is 6.61 Å². The quantitative estimate of drug-likeness (QED) is 0.624. The average Bonchev–Trinajstić information content (AvgIpc) is 2.55. The highest BCUT2D eigenvalue weighted by Crippen LogP contribution is 2.26. The number of hydrogen-bond acceptors (Lipinski definition) is 4. The second kappa shape index (κ2) is 8.71. The molecule has 2 aromatic rings. The van der Waals surface area contributed by atoms with Crippen molar-refractivity contribution in [3.05, 3.63) is 64.1 Å². The lowest BCUT2D eigenvalue weighted by Gasteiger charge is -2.08. The summed E-state index contributed by atoms with van der Waals surface area (Å²) in [6, 6.07) is 17.1. The first-order valence-corrected chi connectivity index (χ1v) is 7.63. The van der Waals surface area contributed by atoms with E-state index in [1.54, 1.807) is 6.07 Å². The fraction of sp³-hybridized carbons (Fsp3) is 0.118. The van der Waals surface area contributed by atoms with Crippen LogP contribution in [0.15, 0.2) is 58.1 Å². The van der Waals surface area contributed by atoms with Crippen LogP contribution in [0.5, 0.6) is 5.75 Å². The molecule has 2 rings (SSSR count). The van der Waals surface area contributed by atoms with Crippen molar-refractivity contribution in [2.75, 3.05) is 0 Å². The Morgan fingerprint density at radius 1 is 1.30 bits per heavy atom. The van der Waals surface area contributed by atoms with Crippen molar-refractivity contribution >= 4 is 28.1 Å². The molecule has 0 aromatic heterocycles. The van der Waals surface area contributed by atoms with E-state index in [9.17, 15) is 4.79 Å². The summed E-state index contributed by atoms with van der Waals surface area (Å²) < 4.78 is 6.55. The summed E-state index contributed by atoms with van der Waals surface area (Å²) in [6.07, 6.45) is 1.29. The van der Waals surface area contributed by atoms with Gasteiger partial charge in [-0.25, -0.2) is 5.43 Å². The van der Waals surface area contributed by atoms with Gasteiger partial charge in [-0.2, -0.15) is 10.4 Å². The third kappa shape index (κ3) is 5.57. The number of hydrazone groups is 1. The normalized spacial score (nSPS) is 10.3. The molecule has 0 aliphatic carbocycles. The Kier molecular flexibility index (Phi) is 6.33. The lowest BCUT2D eigenvalue weighted by Crippen LogP contribution is -2.16. The number of benzene rings is 2. The smallest absolute Gasteiger partial charge is 0.254 e. The maximum atomic E-state index is 11.1. The first-order valence-electron chi connectivity index (χ1n) is 6.84. The minimum Gasteiger partial charge on any atom is -0.488 e. The molecule has 0 bridgehead atoms. The number of hydrogen-bond donors (Lipinski definition) is 1. The Hall–Kier alpha value is -2.65.